The molecule has 13 nitrogen and oxygen atoms in total. The Kier molecular flexibility index (Phi) is 13.8. The summed E-state index contributed by atoms with van der Waals surface area (Å²) in [6.45, 7) is 6.16. The fourth-order valence-electron chi connectivity index (χ4n) is 3.34. The number of carbonyl (C=O) groups is 1. The molecule has 0 spiro atoms. The Morgan fingerprint density at radius 2 is 1.80 bits per heavy atom. The third-order valence-corrected chi connectivity index (χ3v) is 8.14. The lowest BCUT2D eigenvalue weighted by Crippen LogP contribution is -2.64. The number of carbonyl (C=O) groups excluding carboxylic acids is 1. The summed E-state index contributed by atoms with van der Waals surface area (Å²) in [5.41, 5.74) is 1.31. The van der Waals surface area contributed by atoms with Crippen molar-refractivity contribution in [2.75, 3.05) is 13.2 Å². The quantitative estimate of drug-likeness (QED) is 0.0986. The molecule has 0 radical (unpaired) electrons. The van der Waals surface area contributed by atoms with Gasteiger partial charge in [0.2, 0.25) is 5.91 Å². The van der Waals surface area contributed by atoms with Gasteiger partial charge in [-0.3, -0.25) is 13.8 Å². The Bertz CT molecular complexity index is 794. The van der Waals surface area contributed by atoms with E-state index in [2.05, 4.69) is 29.6 Å². The highest BCUT2D eigenvalue weighted by molar-refractivity contribution is 7.61. The minimum Gasteiger partial charge on any atom is -0.394 e. The van der Waals surface area contributed by atoms with Crippen LogP contribution in [0.2, 0.25) is 0 Å². The number of unbranched alkanes of at least 4 members (excludes halogenated alkanes) is 1. The van der Waals surface area contributed by atoms with Crippen LogP contribution in [-0.4, -0.2) is 74.9 Å². The number of allylic oxidation sites excluding steroid dienone is 2. The topological polar surface area (TPSA) is 201 Å². The van der Waals surface area contributed by atoms with E-state index in [0.29, 0.717) is 6.42 Å². The Morgan fingerprint density at radius 1 is 1.14 bits per heavy atom. The molecule has 8 unspecified atom stereocenters. The van der Waals surface area contributed by atoms with E-state index in [4.69, 9.17) is 13.8 Å². The third-order valence-electron chi connectivity index (χ3n) is 5.51. The first-order valence-electron chi connectivity index (χ1n) is 11.5. The normalized spacial score (nSPS) is 29.7. The second kappa shape index (κ2) is 14.9. The van der Waals surface area contributed by atoms with Crippen molar-refractivity contribution in [3.8, 4) is 0 Å². The average Bonchev–Trinajstić information content (AvgIpc) is 2.74. The highest BCUT2D eigenvalue weighted by atomic mass is 31.3. The molecular weight excluding hydrogens is 508 g/mol. The monoisotopic (exact) mass is 547 g/mol. The molecule has 1 heterocycles. The van der Waals surface area contributed by atoms with E-state index in [0.717, 1.165) is 32.6 Å². The molecule has 15 heteroatoms. The number of hydrogen-bond acceptors (Lipinski definition) is 10. The van der Waals surface area contributed by atoms with Gasteiger partial charge in [0.15, 0.2) is 6.29 Å². The number of aliphatic hydroxyl groups is 3. The van der Waals surface area contributed by atoms with Crippen LogP contribution in [0.4, 0.5) is 0 Å². The summed E-state index contributed by atoms with van der Waals surface area (Å²) in [4.78, 5) is 31.2. The molecule has 1 aliphatic heterocycles. The number of amides is 1. The van der Waals surface area contributed by atoms with E-state index in [1.165, 1.54) is 5.57 Å². The van der Waals surface area contributed by atoms with Crippen molar-refractivity contribution in [3.63, 3.8) is 0 Å². The van der Waals surface area contributed by atoms with Gasteiger partial charge in [0.25, 0.3) is 0 Å². The molecule has 35 heavy (non-hydrogen) atoms. The van der Waals surface area contributed by atoms with Gasteiger partial charge in [-0.05, 0) is 38.5 Å². The lowest BCUT2D eigenvalue weighted by Gasteiger charge is -2.42. The number of hydrogen-bond donors (Lipinski definition) is 6. The van der Waals surface area contributed by atoms with E-state index in [-0.39, 0.29) is 12.5 Å². The first kappa shape index (κ1) is 32.3. The first-order chi connectivity index (χ1) is 16.2. The predicted molar refractivity (Wildman–Crippen MR) is 125 cm³/mol. The molecule has 206 valence electrons. The Balaban J connectivity index is 2.64. The summed E-state index contributed by atoms with van der Waals surface area (Å²) >= 11 is 0. The average molecular weight is 547 g/mol. The van der Waals surface area contributed by atoms with Crippen molar-refractivity contribution in [3.05, 3.63) is 11.6 Å². The molecule has 1 aliphatic rings. The summed E-state index contributed by atoms with van der Waals surface area (Å²) < 4.78 is 43.5. The molecule has 1 rings (SSSR count). The third kappa shape index (κ3) is 11.9. The summed E-state index contributed by atoms with van der Waals surface area (Å²) in [5.74, 6) is -0.531. The summed E-state index contributed by atoms with van der Waals surface area (Å²) in [6.07, 6.45) is -0.438. The van der Waals surface area contributed by atoms with Crippen LogP contribution in [0.1, 0.15) is 59.8 Å². The fraction of sp³-hybridized carbons (Fsp3) is 0.850. The molecule has 0 saturated carbocycles. The molecule has 1 saturated heterocycles. The van der Waals surface area contributed by atoms with Crippen molar-refractivity contribution in [1.82, 2.24) is 5.32 Å². The van der Waals surface area contributed by atoms with Crippen LogP contribution < -0.4 is 5.32 Å². The molecule has 6 N–H and O–H groups in total. The molecule has 1 amide bonds. The number of phosphoric ester groups is 2. The highest BCUT2D eigenvalue weighted by Gasteiger charge is 2.49. The van der Waals surface area contributed by atoms with Crippen LogP contribution in [0.15, 0.2) is 11.6 Å². The van der Waals surface area contributed by atoms with E-state index < -0.39 is 58.8 Å². The predicted octanol–water partition coefficient (Wildman–Crippen LogP) is 1.73. The number of rotatable bonds is 15. The molecule has 0 aromatic carbocycles. The van der Waals surface area contributed by atoms with Crippen LogP contribution in [-0.2, 0) is 32.0 Å². The van der Waals surface area contributed by atoms with Gasteiger partial charge in [-0.1, -0.05) is 31.9 Å². The van der Waals surface area contributed by atoms with Crippen molar-refractivity contribution in [1.29, 1.82) is 0 Å². The second-order valence-electron chi connectivity index (χ2n) is 8.62. The zero-order valence-electron chi connectivity index (χ0n) is 20.5. The van der Waals surface area contributed by atoms with Gasteiger partial charge < -0.3 is 35.2 Å². The van der Waals surface area contributed by atoms with Gasteiger partial charge in [0, 0.05) is 6.92 Å². The maximum absolute atomic E-state index is 12.4. The SMILES string of the molecule is CCC(C)=CCCCC(C)CCOP(=O)(O)OP(=O)(O)OC1OC(CO)C(O)C(O)C1NC(C)=O. The summed E-state index contributed by atoms with van der Waals surface area (Å²) in [6, 6.07) is -1.55. The van der Waals surface area contributed by atoms with Crippen molar-refractivity contribution in [2.24, 2.45) is 5.92 Å². The number of nitrogens with one attached hydrogen (secondary N) is 1. The molecule has 0 aliphatic carbocycles. The lowest BCUT2D eigenvalue weighted by molar-refractivity contribution is -0.247. The zero-order chi connectivity index (χ0) is 26.8. The summed E-state index contributed by atoms with van der Waals surface area (Å²) in [7, 11) is -10.4. The van der Waals surface area contributed by atoms with E-state index in [1.54, 1.807) is 0 Å². The van der Waals surface area contributed by atoms with Crippen LogP contribution in [0, 0.1) is 5.92 Å². The van der Waals surface area contributed by atoms with Gasteiger partial charge in [-0.2, -0.15) is 4.31 Å². The highest BCUT2D eigenvalue weighted by Crippen LogP contribution is 2.61. The van der Waals surface area contributed by atoms with Crippen LogP contribution in [0.5, 0.6) is 0 Å². The largest absolute Gasteiger partial charge is 0.483 e. The van der Waals surface area contributed by atoms with Crippen LogP contribution in [0.25, 0.3) is 0 Å². The number of phosphoric acid groups is 2. The number of aliphatic hydroxyl groups excluding tert-OH is 3. The minimum absolute atomic E-state index is 0.167. The molecule has 8 atom stereocenters. The Morgan fingerprint density at radius 3 is 2.37 bits per heavy atom. The van der Waals surface area contributed by atoms with Gasteiger partial charge in [-0.25, -0.2) is 9.13 Å². The smallest absolute Gasteiger partial charge is 0.394 e. The van der Waals surface area contributed by atoms with Crippen molar-refractivity contribution in [2.45, 2.75) is 90.4 Å². The molecule has 0 bridgehead atoms. The number of ether oxygens (including phenoxy) is 1. The molecule has 0 aromatic rings. The van der Waals surface area contributed by atoms with Gasteiger partial charge in [0.05, 0.1) is 13.2 Å². The molecular formula is C20H39NO12P2. The van der Waals surface area contributed by atoms with Crippen LogP contribution in [0.3, 0.4) is 0 Å². The molecule has 0 aromatic heterocycles. The van der Waals surface area contributed by atoms with Crippen molar-refractivity contribution < 1.29 is 57.1 Å². The second-order valence-corrected chi connectivity index (χ2v) is 11.6. The minimum atomic E-state index is -5.34. The lowest BCUT2D eigenvalue weighted by atomic mass is 9.97. The van der Waals surface area contributed by atoms with E-state index in [9.17, 15) is 39.0 Å². The maximum atomic E-state index is 12.4. The van der Waals surface area contributed by atoms with E-state index >= 15 is 0 Å². The standard InChI is InChI=1S/C20H39NO12P2/c1-5-13(2)8-6-7-9-14(3)10-11-30-34(26,27)33-35(28,29)32-20-17(21-15(4)23)19(25)18(24)16(12-22)31-20/h8,14,16-20,22,24-25H,5-7,9-12H2,1-4H3,(H,21,23)(H,26,27)(H,28,29). The summed E-state index contributed by atoms with van der Waals surface area (Å²) in [5, 5.41) is 31.6. The van der Waals surface area contributed by atoms with Gasteiger partial charge in [-0.15, -0.1) is 0 Å². The van der Waals surface area contributed by atoms with Crippen molar-refractivity contribution >= 4 is 21.6 Å². The first-order valence-corrected chi connectivity index (χ1v) is 14.5. The zero-order valence-corrected chi connectivity index (χ0v) is 22.3. The Labute approximate surface area is 205 Å². The van der Waals surface area contributed by atoms with Gasteiger partial charge >= 0.3 is 15.6 Å². The van der Waals surface area contributed by atoms with Crippen LogP contribution >= 0.6 is 15.6 Å². The fourth-order valence-corrected chi connectivity index (χ4v) is 5.50. The Hall–Kier alpha value is -0.690. The maximum Gasteiger partial charge on any atom is 0.483 e. The molecule has 1 fully saturated rings. The van der Waals surface area contributed by atoms with Gasteiger partial charge in [0.1, 0.15) is 24.4 Å². The van der Waals surface area contributed by atoms with E-state index in [1.807, 2.05) is 6.92 Å².